The van der Waals surface area contributed by atoms with E-state index in [-0.39, 0.29) is 18.2 Å². The van der Waals surface area contributed by atoms with E-state index in [0.717, 1.165) is 48.5 Å². The molecule has 2 aromatic heterocycles. The maximum absolute atomic E-state index is 13.5. The minimum absolute atomic E-state index is 0.0698. The predicted molar refractivity (Wildman–Crippen MR) is 147 cm³/mol. The van der Waals surface area contributed by atoms with E-state index < -0.39 is 5.60 Å². The highest BCUT2D eigenvalue weighted by atomic mass is 16.6. The lowest BCUT2D eigenvalue weighted by Gasteiger charge is -2.42. The molecule has 5 rings (SSSR count). The van der Waals surface area contributed by atoms with Crippen molar-refractivity contribution in [3.8, 4) is 5.75 Å². The number of aryl methyl sites for hydroxylation is 1. The fourth-order valence-electron chi connectivity index (χ4n) is 5.62. The van der Waals surface area contributed by atoms with E-state index >= 15 is 0 Å². The van der Waals surface area contributed by atoms with Gasteiger partial charge in [-0.2, -0.15) is 0 Å². The van der Waals surface area contributed by atoms with Crippen LogP contribution < -0.4 is 4.74 Å². The SMILES string of the molecule is COc1ccc(CN(C[C@@H]2Cc3ncccc3CN2C(=O)OC(C)(C)C)[C@H]2CCCc3cccnc32)cc1. The Hall–Kier alpha value is -3.45. The van der Waals surface area contributed by atoms with Gasteiger partial charge in [-0.15, -0.1) is 0 Å². The molecule has 1 aliphatic carbocycles. The number of ether oxygens (including phenoxy) is 2. The standard InChI is InChI=1S/C31H38N4O3/c1-31(2,3)38-30(36)35-20-24-10-7-16-32-27(24)18-25(35)21-34(19-22-12-14-26(37-4)15-13-22)28-11-5-8-23-9-6-17-33-29(23)28/h6-7,9-10,12-17,25,28H,5,8,11,18-21H2,1-4H3/t25-,28-/m0/s1. The maximum atomic E-state index is 13.5. The van der Waals surface area contributed by atoms with Crippen LogP contribution in [-0.2, 0) is 30.7 Å². The number of aromatic nitrogens is 2. The quantitative estimate of drug-likeness (QED) is 0.419. The van der Waals surface area contributed by atoms with Crippen LogP contribution in [0.3, 0.4) is 0 Å². The minimum atomic E-state index is -0.564. The van der Waals surface area contributed by atoms with E-state index in [9.17, 15) is 4.79 Å². The van der Waals surface area contributed by atoms with Crippen LogP contribution in [0, 0.1) is 0 Å². The molecule has 38 heavy (non-hydrogen) atoms. The second-order valence-corrected chi connectivity index (χ2v) is 11.3. The van der Waals surface area contributed by atoms with Crippen molar-refractivity contribution in [1.29, 1.82) is 0 Å². The van der Waals surface area contributed by atoms with Gasteiger partial charge in [-0.1, -0.05) is 24.3 Å². The number of fused-ring (bicyclic) bond motifs is 2. The second-order valence-electron chi connectivity index (χ2n) is 11.3. The van der Waals surface area contributed by atoms with Crippen LogP contribution in [0.2, 0.25) is 0 Å². The number of hydrogen-bond acceptors (Lipinski definition) is 6. The van der Waals surface area contributed by atoms with E-state index in [0.29, 0.717) is 19.5 Å². The van der Waals surface area contributed by atoms with Crippen molar-refractivity contribution in [1.82, 2.24) is 19.8 Å². The number of hydrogen-bond donors (Lipinski definition) is 0. The third-order valence-electron chi connectivity index (χ3n) is 7.42. The smallest absolute Gasteiger partial charge is 0.410 e. The maximum Gasteiger partial charge on any atom is 0.410 e. The molecular formula is C31H38N4O3. The number of amides is 1. The van der Waals surface area contributed by atoms with Gasteiger partial charge in [0.2, 0.25) is 0 Å². The molecule has 3 heterocycles. The first-order chi connectivity index (χ1) is 18.3. The average molecular weight is 515 g/mol. The van der Waals surface area contributed by atoms with Crippen molar-refractivity contribution in [3.63, 3.8) is 0 Å². The molecule has 2 atom stereocenters. The van der Waals surface area contributed by atoms with Crippen LogP contribution in [0.4, 0.5) is 4.79 Å². The molecule has 0 radical (unpaired) electrons. The molecule has 0 N–H and O–H groups in total. The van der Waals surface area contributed by atoms with Gasteiger partial charge in [0.05, 0.1) is 31.4 Å². The summed E-state index contributed by atoms with van der Waals surface area (Å²) in [5.41, 5.74) is 5.26. The highest BCUT2D eigenvalue weighted by Crippen LogP contribution is 2.35. The Morgan fingerprint density at radius 3 is 2.53 bits per heavy atom. The average Bonchev–Trinajstić information content (AvgIpc) is 2.91. The molecule has 0 saturated carbocycles. The summed E-state index contributed by atoms with van der Waals surface area (Å²) in [5, 5.41) is 0. The van der Waals surface area contributed by atoms with Crippen LogP contribution >= 0.6 is 0 Å². The summed E-state index contributed by atoms with van der Waals surface area (Å²) < 4.78 is 11.3. The van der Waals surface area contributed by atoms with E-state index in [1.807, 2.05) is 62.3 Å². The zero-order valence-electron chi connectivity index (χ0n) is 22.9. The Morgan fingerprint density at radius 1 is 1.05 bits per heavy atom. The summed E-state index contributed by atoms with van der Waals surface area (Å²) in [6, 6.07) is 16.6. The fraction of sp³-hybridized carbons (Fsp3) is 0.452. The molecule has 2 aliphatic rings. The molecule has 0 bridgehead atoms. The van der Waals surface area contributed by atoms with Crippen molar-refractivity contribution in [2.24, 2.45) is 0 Å². The number of nitrogens with zero attached hydrogens (tertiary/aromatic N) is 4. The topological polar surface area (TPSA) is 67.8 Å². The Bertz CT molecular complexity index is 1250. The zero-order valence-corrected chi connectivity index (χ0v) is 22.9. The number of carbonyl (C=O) groups is 1. The molecule has 0 spiro atoms. The number of rotatable bonds is 6. The summed E-state index contributed by atoms with van der Waals surface area (Å²) in [4.78, 5) is 27.4. The number of pyridine rings is 2. The van der Waals surface area contributed by atoms with Gasteiger partial charge in [-0.25, -0.2) is 4.79 Å². The Kier molecular flexibility index (Phi) is 7.65. The van der Waals surface area contributed by atoms with Crippen molar-refractivity contribution in [2.45, 2.75) is 77.2 Å². The number of carbonyl (C=O) groups excluding carboxylic acids is 1. The van der Waals surface area contributed by atoms with E-state index in [2.05, 4.69) is 34.1 Å². The van der Waals surface area contributed by atoms with Crippen molar-refractivity contribution < 1.29 is 14.3 Å². The predicted octanol–water partition coefficient (Wildman–Crippen LogP) is 5.73. The summed E-state index contributed by atoms with van der Waals surface area (Å²) in [7, 11) is 1.69. The lowest BCUT2D eigenvalue weighted by Crippen LogP contribution is -2.52. The molecular weight excluding hydrogens is 476 g/mol. The summed E-state index contributed by atoms with van der Waals surface area (Å²) in [5.74, 6) is 0.844. The first-order valence-electron chi connectivity index (χ1n) is 13.5. The number of benzene rings is 1. The fourth-order valence-corrected chi connectivity index (χ4v) is 5.62. The highest BCUT2D eigenvalue weighted by Gasteiger charge is 2.37. The van der Waals surface area contributed by atoms with Gasteiger partial charge < -0.3 is 9.47 Å². The van der Waals surface area contributed by atoms with Gasteiger partial charge in [0.15, 0.2) is 0 Å². The number of methoxy groups -OCH3 is 1. The zero-order chi connectivity index (χ0) is 26.7. The van der Waals surface area contributed by atoms with Gasteiger partial charge in [0, 0.05) is 37.6 Å². The third kappa shape index (κ3) is 5.99. The van der Waals surface area contributed by atoms with Gasteiger partial charge in [0.25, 0.3) is 0 Å². The molecule has 1 amide bonds. The molecule has 3 aromatic rings. The van der Waals surface area contributed by atoms with Crippen LogP contribution in [0.25, 0.3) is 0 Å². The van der Waals surface area contributed by atoms with Gasteiger partial charge in [0.1, 0.15) is 11.4 Å². The Labute approximate surface area is 225 Å². The van der Waals surface area contributed by atoms with Crippen molar-refractivity contribution >= 4 is 6.09 Å². The summed E-state index contributed by atoms with van der Waals surface area (Å²) in [6.45, 7) is 7.69. The largest absolute Gasteiger partial charge is 0.497 e. The second kappa shape index (κ2) is 11.1. The highest BCUT2D eigenvalue weighted by molar-refractivity contribution is 5.69. The van der Waals surface area contributed by atoms with Crippen molar-refractivity contribution in [3.05, 3.63) is 89.0 Å². The first-order valence-corrected chi connectivity index (χ1v) is 13.5. The molecule has 0 fully saturated rings. The van der Waals surface area contributed by atoms with Crippen LogP contribution in [0.5, 0.6) is 5.75 Å². The molecule has 0 unspecified atom stereocenters. The molecule has 0 saturated heterocycles. The van der Waals surface area contributed by atoms with Crippen LogP contribution in [0.15, 0.2) is 60.9 Å². The third-order valence-corrected chi connectivity index (χ3v) is 7.42. The summed E-state index contributed by atoms with van der Waals surface area (Å²) in [6.07, 6.45) is 7.37. The van der Waals surface area contributed by atoms with Crippen LogP contribution in [-0.4, -0.2) is 51.2 Å². The normalized spacial score (nSPS) is 19.0. The molecule has 1 aromatic carbocycles. The Morgan fingerprint density at radius 2 is 1.79 bits per heavy atom. The molecule has 200 valence electrons. The summed E-state index contributed by atoms with van der Waals surface area (Å²) >= 11 is 0. The van der Waals surface area contributed by atoms with Gasteiger partial charge >= 0.3 is 6.09 Å². The first kappa shape index (κ1) is 26.2. The van der Waals surface area contributed by atoms with E-state index in [4.69, 9.17) is 14.5 Å². The minimum Gasteiger partial charge on any atom is -0.497 e. The molecule has 1 aliphatic heterocycles. The lowest BCUT2D eigenvalue weighted by molar-refractivity contribution is 0.00374. The monoisotopic (exact) mass is 514 g/mol. The Balaban J connectivity index is 1.48. The molecule has 7 nitrogen and oxygen atoms in total. The van der Waals surface area contributed by atoms with Gasteiger partial charge in [-0.05, 0) is 81.0 Å². The van der Waals surface area contributed by atoms with E-state index in [1.165, 1.54) is 11.1 Å². The van der Waals surface area contributed by atoms with Crippen LogP contribution in [0.1, 0.15) is 67.7 Å². The lowest BCUT2D eigenvalue weighted by atomic mass is 9.89. The van der Waals surface area contributed by atoms with Gasteiger partial charge in [-0.3, -0.25) is 19.8 Å². The molecule has 7 heteroatoms. The van der Waals surface area contributed by atoms with Crippen molar-refractivity contribution in [2.75, 3.05) is 13.7 Å². The van der Waals surface area contributed by atoms with E-state index in [1.54, 1.807) is 7.11 Å².